The highest BCUT2D eigenvalue weighted by Crippen LogP contribution is 2.17. The molecule has 1 aromatic rings. The predicted molar refractivity (Wildman–Crippen MR) is 70.1 cm³/mol. The molecule has 2 N–H and O–H groups in total. The Balaban J connectivity index is 1.98. The molecule has 0 spiro atoms. The number of piperidine rings is 1. The number of benzene rings is 1. The molecule has 3 nitrogen and oxygen atoms in total. The number of carbonyl (C=O) groups is 1. The number of Topliss-reactive ketones (excluding diaryl/α,β-unsaturated/α-hetero) is 1. The molecule has 92 valence electrons. The van der Waals surface area contributed by atoms with E-state index in [-0.39, 0.29) is 5.78 Å². The first-order valence-corrected chi connectivity index (χ1v) is 6.29. The van der Waals surface area contributed by atoms with Crippen LogP contribution in [0.3, 0.4) is 0 Å². The van der Waals surface area contributed by atoms with E-state index in [9.17, 15) is 4.79 Å². The van der Waals surface area contributed by atoms with E-state index in [1.54, 1.807) is 12.1 Å². The molecule has 17 heavy (non-hydrogen) atoms. The third-order valence-electron chi connectivity index (χ3n) is 3.52. The zero-order valence-corrected chi connectivity index (χ0v) is 10.4. The van der Waals surface area contributed by atoms with Gasteiger partial charge < -0.3 is 5.73 Å². The van der Waals surface area contributed by atoms with Gasteiger partial charge in [-0.15, -0.1) is 0 Å². The molecule has 2 rings (SSSR count). The van der Waals surface area contributed by atoms with Crippen LogP contribution in [0.5, 0.6) is 0 Å². The van der Waals surface area contributed by atoms with Crippen LogP contribution >= 0.6 is 0 Å². The van der Waals surface area contributed by atoms with Crippen LogP contribution in [0.25, 0.3) is 0 Å². The van der Waals surface area contributed by atoms with E-state index in [0.29, 0.717) is 18.3 Å². The van der Waals surface area contributed by atoms with E-state index >= 15 is 0 Å². The molecule has 1 saturated heterocycles. The maximum Gasteiger partial charge on any atom is 0.176 e. The van der Waals surface area contributed by atoms with E-state index in [1.165, 1.54) is 19.3 Å². The van der Waals surface area contributed by atoms with Gasteiger partial charge in [0.2, 0.25) is 0 Å². The molecule has 1 aliphatic heterocycles. The van der Waals surface area contributed by atoms with Crippen LogP contribution in [0.4, 0.5) is 5.69 Å². The fraction of sp³-hybridized carbons (Fsp3) is 0.500. The number of likely N-dealkylation sites (tertiary alicyclic amines) is 1. The molecular weight excluding hydrogens is 212 g/mol. The Morgan fingerprint density at radius 3 is 2.71 bits per heavy atom. The van der Waals surface area contributed by atoms with Crippen molar-refractivity contribution in [2.45, 2.75) is 32.2 Å². The largest absolute Gasteiger partial charge is 0.399 e. The van der Waals surface area contributed by atoms with Crippen LogP contribution in [-0.4, -0.2) is 29.8 Å². The van der Waals surface area contributed by atoms with Crippen molar-refractivity contribution < 1.29 is 4.79 Å². The predicted octanol–water partition coefficient (Wildman–Crippen LogP) is 2.33. The minimum atomic E-state index is 0.193. The lowest BCUT2D eigenvalue weighted by atomic mass is 10.0. The molecule has 0 amide bonds. The summed E-state index contributed by atoms with van der Waals surface area (Å²) in [5, 5.41) is 0. The fourth-order valence-electron chi connectivity index (χ4n) is 2.34. The topological polar surface area (TPSA) is 46.3 Å². The summed E-state index contributed by atoms with van der Waals surface area (Å²) < 4.78 is 0. The molecule has 1 aromatic carbocycles. The minimum absolute atomic E-state index is 0.193. The van der Waals surface area contributed by atoms with Crippen molar-refractivity contribution >= 4 is 11.5 Å². The first kappa shape index (κ1) is 12.1. The Morgan fingerprint density at radius 1 is 1.35 bits per heavy atom. The number of ketones is 1. The number of nitrogens with two attached hydrogens (primary N) is 1. The van der Waals surface area contributed by atoms with Gasteiger partial charge in [-0.3, -0.25) is 9.69 Å². The highest BCUT2D eigenvalue weighted by Gasteiger charge is 2.20. The van der Waals surface area contributed by atoms with Gasteiger partial charge in [0.25, 0.3) is 0 Å². The zero-order chi connectivity index (χ0) is 12.3. The summed E-state index contributed by atoms with van der Waals surface area (Å²) in [5.41, 5.74) is 7.07. The van der Waals surface area contributed by atoms with Gasteiger partial charge in [0.05, 0.1) is 6.54 Å². The molecule has 0 aliphatic carbocycles. The first-order valence-electron chi connectivity index (χ1n) is 6.29. The van der Waals surface area contributed by atoms with Gasteiger partial charge in [-0.05, 0) is 50.6 Å². The maximum absolute atomic E-state index is 12.1. The second-order valence-electron chi connectivity index (χ2n) is 4.86. The van der Waals surface area contributed by atoms with E-state index in [4.69, 9.17) is 5.73 Å². The SMILES string of the molecule is CC1CCCCN1CC(=O)c1ccc(N)cc1. The lowest BCUT2D eigenvalue weighted by Crippen LogP contribution is -2.40. The molecule has 0 saturated carbocycles. The van der Waals surface area contributed by atoms with Crippen molar-refractivity contribution in [2.24, 2.45) is 0 Å². The van der Waals surface area contributed by atoms with Crippen molar-refractivity contribution in [1.29, 1.82) is 0 Å². The molecular formula is C14H20N2O. The number of anilines is 1. The number of rotatable bonds is 3. The van der Waals surface area contributed by atoms with Crippen LogP contribution in [0.1, 0.15) is 36.5 Å². The lowest BCUT2D eigenvalue weighted by Gasteiger charge is -2.32. The number of hydrogen-bond acceptors (Lipinski definition) is 3. The average molecular weight is 232 g/mol. The molecule has 1 unspecified atom stereocenters. The molecule has 0 bridgehead atoms. The van der Waals surface area contributed by atoms with Gasteiger partial charge in [0, 0.05) is 17.3 Å². The minimum Gasteiger partial charge on any atom is -0.399 e. The van der Waals surface area contributed by atoms with Crippen LogP contribution < -0.4 is 5.73 Å². The Labute approximate surface area is 103 Å². The Hall–Kier alpha value is -1.35. The standard InChI is InChI=1S/C14H20N2O/c1-11-4-2-3-9-16(11)10-14(17)12-5-7-13(15)8-6-12/h5-8,11H,2-4,9-10,15H2,1H3. The molecule has 1 heterocycles. The third kappa shape index (κ3) is 3.07. The van der Waals surface area contributed by atoms with Crippen LogP contribution in [0, 0.1) is 0 Å². The van der Waals surface area contributed by atoms with Crippen LogP contribution in [-0.2, 0) is 0 Å². The van der Waals surface area contributed by atoms with Crippen molar-refractivity contribution in [3.8, 4) is 0 Å². The molecule has 1 aliphatic rings. The quantitative estimate of drug-likeness (QED) is 0.642. The van der Waals surface area contributed by atoms with Gasteiger partial charge in [-0.1, -0.05) is 6.42 Å². The van der Waals surface area contributed by atoms with Crippen LogP contribution in [0.2, 0.25) is 0 Å². The second-order valence-corrected chi connectivity index (χ2v) is 4.86. The molecule has 0 radical (unpaired) electrons. The first-order chi connectivity index (χ1) is 8.16. The Kier molecular flexibility index (Phi) is 3.79. The number of nitrogens with zero attached hydrogens (tertiary/aromatic N) is 1. The summed E-state index contributed by atoms with van der Waals surface area (Å²) >= 11 is 0. The van der Waals surface area contributed by atoms with Gasteiger partial charge in [0.1, 0.15) is 0 Å². The molecule has 1 atom stereocenters. The van der Waals surface area contributed by atoms with E-state index in [0.717, 1.165) is 12.1 Å². The van der Waals surface area contributed by atoms with Gasteiger partial charge >= 0.3 is 0 Å². The van der Waals surface area contributed by atoms with Crippen molar-refractivity contribution in [3.63, 3.8) is 0 Å². The van der Waals surface area contributed by atoms with Crippen molar-refractivity contribution in [1.82, 2.24) is 4.90 Å². The second kappa shape index (κ2) is 5.32. The zero-order valence-electron chi connectivity index (χ0n) is 10.4. The Morgan fingerprint density at radius 2 is 2.06 bits per heavy atom. The fourth-order valence-corrected chi connectivity index (χ4v) is 2.34. The van der Waals surface area contributed by atoms with E-state index < -0.39 is 0 Å². The highest BCUT2D eigenvalue weighted by atomic mass is 16.1. The summed E-state index contributed by atoms with van der Waals surface area (Å²) in [5.74, 6) is 0.193. The Bertz CT molecular complexity index is 386. The lowest BCUT2D eigenvalue weighted by molar-refractivity contribution is 0.0860. The van der Waals surface area contributed by atoms with E-state index in [1.807, 2.05) is 12.1 Å². The van der Waals surface area contributed by atoms with Crippen molar-refractivity contribution in [3.05, 3.63) is 29.8 Å². The maximum atomic E-state index is 12.1. The summed E-state index contributed by atoms with van der Waals surface area (Å²) in [6.07, 6.45) is 3.70. The smallest absolute Gasteiger partial charge is 0.176 e. The molecule has 1 fully saturated rings. The number of carbonyl (C=O) groups excluding carboxylic acids is 1. The molecule has 0 aromatic heterocycles. The summed E-state index contributed by atoms with van der Waals surface area (Å²) in [6, 6.07) is 7.72. The van der Waals surface area contributed by atoms with E-state index in [2.05, 4.69) is 11.8 Å². The highest BCUT2D eigenvalue weighted by molar-refractivity contribution is 5.97. The van der Waals surface area contributed by atoms with Crippen molar-refractivity contribution in [2.75, 3.05) is 18.8 Å². The van der Waals surface area contributed by atoms with Gasteiger partial charge in [-0.25, -0.2) is 0 Å². The monoisotopic (exact) mass is 232 g/mol. The summed E-state index contributed by atoms with van der Waals surface area (Å²) in [7, 11) is 0. The number of hydrogen-bond donors (Lipinski definition) is 1. The molecule has 3 heteroatoms. The number of nitrogen functional groups attached to an aromatic ring is 1. The van der Waals surface area contributed by atoms with Crippen LogP contribution in [0.15, 0.2) is 24.3 Å². The van der Waals surface area contributed by atoms with Gasteiger partial charge in [-0.2, -0.15) is 0 Å². The normalized spacial score (nSPS) is 21.4. The van der Waals surface area contributed by atoms with Gasteiger partial charge in [0.15, 0.2) is 5.78 Å². The average Bonchev–Trinajstić information content (AvgIpc) is 2.33. The summed E-state index contributed by atoms with van der Waals surface area (Å²) in [4.78, 5) is 14.4. The summed E-state index contributed by atoms with van der Waals surface area (Å²) in [6.45, 7) is 3.78. The third-order valence-corrected chi connectivity index (χ3v) is 3.52.